The van der Waals surface area contributed by atoms with Crippen molar-refractivity contribution in [2.45, 2.75) is 19.4 Å². The maximum absolute atomic E-state index is 9.03. The molecule has 78 valence electrons. The number of aliphatic hydroxyl groups is 1. The van der Waals surface area contributed by atoms with Gasteiger partial charge in [0.2, 0.25) is 0 Å². The number of halogens is 1. The van der Waals surface area contributed by atoms with E-state index in [2.05, 4.69) is 21.2 Å². The Morgan fingerprint density at radius 3 is 2.86 bits per heavy atom. The van der Waals surface area contributed by atoms with Gasteiger partial charge in [0.15, 0.2) is 0 Å². The number of hydrogen-bond donors (Lipinski definition) is 3. The van der Waals surface area contributed by atoms with Crippen LogP contribution in [0.15, 0.2) is 22.7 Å². The van der Waals surface area contributed by atoms with Crippen molar-refractivity contribution >= 4 is 27.3 Å². The second-order valence-corrected chi connectivity index (χ2v) is 4.08. The zero-order valence-corrected chi connectivity index (χ0v) is 9.71. The minimum absolute atomic E-state index is 0.0617. The van der Waals surface area contributed by atoms with E-state index in [9.17, 15) is 0 Å². The van der Waals surface area contributed by atoms with Crippen molar-refractivity contribution in [3.63, 3.8) is 0 Å². The van der Waals surface area contributed by atoms with Crippen LogP contribution in [0.3, 0.4) is 0 Å². The van der Waals surface area contributed by atoms with Crippen LogP contribution in [0.1, 0.15) is 13.3 Å². The summed E-state index contributed by atoms with van der Waals surface area (Å²) in [6.07, 6.45) is 0.864. The standard InChI is InChI=1S/C10H15BrN2O/c1-2-8(6-14)13-10-5-7(11)3-4-9(10)12/h3-5,8,13-14H,2,6,12H2,1H3. The molecule has 1 aromatic rings. The van der Waals surface area contributed by atoms with E-state index in [-0.39, 0.29) is 12.6 Å². The molecule has 0 fully saturated rings. The number of anilines is 2. The molecular formula is C10H15BrN2O. The van der Waals surface area contributed by atoms with E-state index in [1.807, 2.05) is 25.1 Å². The van der Waals surface area contributed by atoms with Crippen LogP contribution in [0.4, 0.5) is 11.4 Å². The Bertz CT molecular complexity index is 300. The third-order valence-electron chi connectivity index (χ3n) is 2.09. The molecule has 1 rings (SSSR count). The molecule has 1 atom stereocenters. The molecule has 3 nitrogen and oxygen atoms in total. The first-order valence-electron chi connectivity index (χ1n) is 4.59. The van der Waals surface area contributed by atoms with Gasteiger partial charge in [-0.15, -0.1) is 0 Å². The topological polar surface area (TPSA) is 58.3 Å². The molecule has 0 bridgehead atoms. The van der Waals surface area contributed by atoms with E-state index in [0.29, 0.717) is 5.69 Å². The lowest BCUT2D eigenvalue weighted by molar-refractivity contribution is 0.272. The molecule has 0 aliphatic carbocycles. The molecule has 1 unspecified atom stereocenters. The number of nitrogen functional groups attached to an aromatic ring is 1. The second-order valence-electron chi connectivity index (χ2n) is 3.16. The van der Waals surface area contributed by atoms with Crippen LogP contribution in [0.2, 0.25) is 0 Å². The first-order valence-corrected chi connectivity index (χ1v) is 5.39. The van der Waals surface area contributed by atoms with Crippen molar-refractivity contribution in [2.75, 3.05) is 17.7 Å². The maximum atomic E-state index is 9.03. The van der Waals surface area contributed by atoms with Gasteiger partial charge in [-0.2, -0.15) is 0 Å². The minimum Gasteiger partial charge on any atom is -0.397 e. The number of nitrogens with two attached hydrogens (primary N) is 1. The summed E-state index contributed by atoms with van der Waals surface area (Å²) in [5, 5.41) is 12.2. The molecule has 4 N–H and O–H groups in total. The number of hydrogen-bond acceptors (Lipinski definition) is 3. The van der Waals surface area contributed by atoms with Gasteiger partial charge in [0.25, 0.3) is 0 Å². The molecule has 1 aromatic carbocycles. The van der Waals surface area contributed by atoms with Crippen LogP contribution in [0.25, 0.3) is 0 Å². The third-order valence-corrected chi connectivity index (χ3v) is 2.58. The molecule has 0 spiro atoms. The first-order chi connectivity index (χ1) is 6.67. The van der Waals surface area contributed by atoms with E-state index in [1.165, 1.54) is 0 Å². The Kier molecular flexibility index (Phi) is 4.22. The predicted octanol–water partition coefficient (Wildman–Crippen LogP) is 2.21. The van der Waals surface area contributed by atoms with E-state index in [1.54, 1.807) is 0 Å². The third kappa shape index (κ3) is 2.89. The molecule has 0 aliphatic rings. The molecule has 0 amide bonds. The average Bonchev–Trinajstić information content (AvgIpc) is 2.19. The van der Waals surface area contributed by atoms with Gasteiger partial charge >= 0.3 is 0 Å². The lowest BCUT2D eigenvalue weighted by atomic mass is 10.2. The van der Waals surface area contributed by atoms with Crippen molar-refractivity contribution in [3.05, 3.63) is 22.7 Å². The van der Waals surface area contributed by atoms with Crippen LogP contribution in [-0.4, -0.2) is 17.8 Å². The number of benzene rings is 1. The summed E-state index contributed by atoms with van der Waals surface area (Å²) < 4.78 is 0.974. The van der Waals surface area contributed by atoms with Gasteiger partial charge in [0, 0.05) is 10.5 Å². The molecule has 0 aliphatic heterocycles. The summed E-state index contributed by atoms with van der Waals surface area (Å²) in [6, 6.07) is 5.69. The highest BCUT2D eigenvalue weighted by Gasteiger charge is 2.06. The molecule has 0 radical (unpaired) electrons. The van der Waals surface area contributed by atoms with Gasteiger partial charge in [-0.25, -0.2) is 0 Å². The van der Waals surface area contributed by atoms with Crippen LogP contribution < -0.4 is 11.1 Å². The van der Waals surface area contributed by atoms with E-state index in [4.69, 9.17) is 10.8 Å². The quantitative estimate of drug-likeness (QED) is 0.726. The second kappa shape index (κ2) is 5.22. The molecule has 14 heavy (non-hydrogen) atoms. The van der Waals surface area contributed by atoms with Gasteiger partial charge in [-0.05, 0) is 24.6 Å². The Morgan fingerprint density at radius 2 is 2.29 bits per heavy atom. The summed E-state index contributed by atoms with van der Waals surface area (Å²) in [5.74, 6) is 0. The monoisotopic (exact) mass is 258 g/mol. The van der Waals surface area contributed by atoms with Crippen molar-refractivity contribution in [2.24, 2.45) is 0 Å². The zero-order valence-electron chi connectivity index (χ0n) is 8.13. The van der Waals surface area contributed by atoms with Crippen molar-refractivity contribution in [1.82, 2.24) is 0 Å². The zero-order chi connectivity index (χ0) is 10.6. The molecule has 0 saturated carbocycles. The van der Waals surface area contributed by atoms with Gasteiger partial charge in [-0.3, -0.25) is 0 Å². The highest BCUT2D eigenvalue weighted by atomic mass is 79.9. The fourth-order valence-electron chi connectivity index (χ4n) is 1.15. The predicted molar refractivity (Wildman–Crippen MR) is 63.3 cm³/mol. The normalized spacial score (nSPS) is 12.5. The Morgan fingerprint density at radius 1 is 1.57 bits per heavy atom. The van der Waals surface area contributed by atoms with E-state index < -0.39 is 0 Å². The highest BCUT2D eigenvalue weighted by Crippen LogP contribution is 2.24. The smallest absolute Gasteiger partial charge is 0.0632 e. The van der Waals surface area contributed by atoms with Crippen molar-refractivity contribution < 1.29 is 5.11 Å². The summed E-state index contributed by atoms with van der Waals surface area (Å²) >= 11 is 3.37. The largest absolute Gasteiger partial charge is 0.397 e. The van der Waals surface area contributed by atoms with Gasteiger partial charge < -0.3 is 16.2 Å². The lowest BCUT2D eigenvalue weighted by Crippen LogP contribution is -2.23. The average molecular weight is 259 g/mol. The van der Waals surface area contributed by atoms with Crippen LogP contribution in [0.5, 0.6) is 0 Å². The number of nitrogens with one attached hydrogen (secondary N) is 1. The van der Waals surface area contributed by atoms with Gasteiger partial charge in [-0.1, -0.05) is 22.9 Å². The van der Waals surface area contributed by atoms with Crippen molar-refractivity contribution in [3.8, 4) is 0 Å². The number of aliphatic hydroxyl groups excluding tert-OH is 1. The molecule has 0 saturated heterocycles. The Hall–Kier alpha value is -0.740. The summed E-state index contributed by atoms with van der Waals surface area (Å²) in [6.45, 7) is 2.13. The van der Waals surface area contributed by atoms with Gasteiger partial charge in [0.1, 0.15) is 0 Å². The van der Waals surface area contributed by atoms with E-state index >= 15 is 0 Å². The fraction of sp³-hybridized carbons (Fsp3) is 0.400. The SMILES string of the molecule is CCC(CO)Nc1cc(Br)ccc1N. The minimum atomic E-state index is 0.0617. The number of rotatable bonds is 4. The van der Waals surface area contributed by atoms with Gasteiger partial charge in [0.05, 0.1) is 18.0 Å². The fourth-order valence-corrected chi connectivity index (χ4v) is 1.51. The van der Waals surface area contributed by atoms with Crippen LogP contribution in [0, 0.1) is 0 Å². The van der Waals surface area contributed by atoms with Crippen molar-refractivity contribution in [1.29, 1.82) is 0 Å². The highest BCUT2D eigenvalue weighted by molar-refractivity contribution is 9.10. The van der Waals surface area contributed by atoms with E-state index in [0.717, 1.165) is 16.6 Å². The Balaban J connectivity index is 2.79. The molecule has 0 aromatic heterocycles. The molecular weight excluding hydrogens is 244 g/mol. The van der Waals surface area contributed by atoms with Crippen LogP contribution >= 0.6 is 15.9 Å². The summed E-state index contributed by atoms with van der Waals surface area (Å²) in [4.78, 5) is 0. The Labute approximate surface area is 92.4 Å². The van der Waals surface area contributed by atoms with Crippen LogP contribution in [-0.2, 0) is 0 Å². The maximum Gasteiger partial charge on any atom is 0.0632 e. The first kappa shape index (κ1) is 11.3. The lowest BCUT2D eigenvalue weighted by Gasteiger charge is -2.17. The molecule has 0 heterocycles. The summed E-state index contributed by atoms with van der Waals surface area (Å²) in [7, 11) is 0. The molecule has 4 heteroatoms. The summed E-state index contributed by atoms with van der Waals surface area (Å²) in [5.41, 5.74) is 7.34.